The van der Waals surface area contributed by atoms with Crippen molar-refractivity contribution in [3.63, 3.8) is 0 Å². The normalized spacial score (nSPS) is 13.6. The lowest BCUT2D eigenvalue weighted by Crippen LogP contribution is -2.36. The molecule has 1 aromatic heterocycles. The molecule has 0 spiro atoms. The van der Waals surface area contributed by atoms with Gasteiger partial charge in [0.15, 0.2) is 0 Å². The van der Waals surface area contributed by atoms with Crippen LogP contribution in [0.3, 0.4) is 0 Å². The van der Waals surface area contributed by atoms with E-state index >= 15 is 0 Å². The standard InChI is InChI=1S/C26H26N2O4S/c1-16-7-8-21(31-4)20(15-16)27-24-23(22-6-5-11-33-22)25(29)28(26(24)30)9-10-32-19-13-17(2)12-18(3)14-19/h5-8,11-15,27H,9-10H2,1-4H3. The Morgan fingerprint density at radius 1 is 0.939 bits per heavy atom. The van der Waals surface area contributed by atoms with E-state index in [1.54, 1.807) is 7.11 Å². The number of carbonyl (C=O) groups is 2. The molecule has 0 aliphatic carbocycles. The fraction of sp³-hybridized carbons (Fsp3) is 0.231. The van der Waals surface area contributed by atoms with Crippen LogP contribution in [0.15, 0.2) is 59.6 Å². The van der Waals surface area contributed by atoms with Gasteiger partial charge in [-0.3, -0.25) is 14.5 Å². The first-order valence-corrected chi connectivity index (χ1v) is 11.5. The summed E-state index contributed by atoms with van der Waals surface area (Å²) in [4.78, 5) is 28.6. The maximum atomic E-state index is 13.4. The van der Waals surface area contributed by atoms with Gasteiger partial charge in [-0.15, -0.1) is 11.3 Å². The third-order valence-corrected chi connectivity index (χ3v) is 6.22. The maximum Gasteiger partial charge on any atom is 0.278 e. The first-order chi connectivity index (χ1) is 15.9. The molecule has 0 saturated carbocycles. The zero-order valence-electron chi connectivity index (χ0n) is 19.1. The molecule has 4 rings (SSSR count). The predicted molar refractivity (Wildman–Crippen MR) is 131 cm³/mol. The molecule has 170 valence electrons. The number of nitrogens with zero attached hydrogens (tertiary/aromatic N) is 1. The number of imide groups is 1. The first-order valence-electron chi connectivity index (χ1n) is 10.6. The van der Waals surface area contributed by atoms with Gasteiger partial charge < -0.3 is 14.8 Å². The second-order valence-electron chi connectivity index (χ2n) is 7.99. The molecular weight excluding hydrogens is 436 g/mol. The molecule has 0 fully saturated rings. The molecule has 2 amide bonds. The highest BCUT2D eigenvalue weighted by atomic mass is 32.1. The maximum absolute atomic E-state index is 13.4. The molecule has 1 aliphatic heterocycles. The minimum atomic E-state index is -0.379. The van der Waals surface area contributed by atoms with Crippen molar-refractivity contribution < 1.29 is 19.1 Å². The van der Waals surface area contributed by atoms with Crippen molar-refractivity contribution in [1.29, 1.82) is 0 Å². The van der Waals surface area contributed by atoms with Crippen molar-refractivity contribution in [2.45, 2.75) is 20.8 Å². The molecule has 3 aromatic rings. The van der Waals surface area contributed by atoms with Crippen LogP contribution in [0.2, 0.25) is 0 Å². The van der Waals surface area contributed by atoms with Gasteiger partial charge in [0.05, 0.1) is 24.9 Å². The smallest absolute Gasteiger partial charge is 0.278 e. The number of aryl methyl sites for hydroxylation is 3. The van der Waals surface area contributed by atoms with E-state index in [-0.39, 0.29) is 30.7 Å². The second kappa shape index (κ2) is 9.50. The van der Waals surface area contributed by atoms with Gasteiger partial charge in [0, 0.05) is 4.88 Å². The number of methoxy groups -OCH3 is 1. The van der Waals surface area contributed by atoms with Crippen molar-refractivity contribution in [2.24, 2.45) is 0 Å². The molecule has 0 bridgehead atoms. The number of benzene rings is 2. The van der Waals surface area contributed by atoms with Crippen molar-refractivity contribution in [2.75, 3.05) is 25.6 Å². The highest BCUT2D eigenvalue weighted by Gasteiger charge is 2.39. The zero-order chi connectivity index (χ0) is 23.5. The predicted octanol–water partition coefficient (Wildman–Crippen LogP) is 4.95. The fourth-order valence-electron chi connectivity index (χ4n) is 3.87. The van der Waals surface area contributed by atoms with Crippen LogP contribution < -0.4 is 14.8 Å². The minimum Gasteiger partial charge on any atom is -0.495 e. The Morgan fingerprint density at radius 3 is 2.36 bits per heavy atom. The van der Waals surface area contributed by atoms with Crippen LogP contribution in [0, 0.1) is 20.8 Å². The van der Waals surface area contributed by atoms with E-state index in [0.29, 0.717) is 17.0 Å². The summed E-state index contributed by atoms with van der Waals surface area (Å²) >= 11 is 1.42. The van der Waals surface area contributed by atoms with E-state index in [4.69, 9.17) is 9.47 Å². The molecular formula is C26H26N2O4S. The number of hydrogen-bond donors (Lipinski definition) is 1. The third-order valence-electron chi connectivity index (χ3n) is 5.33. The number of thiophene rings is 1. The Morgan fingerprint density at radius 2 is 1.70 bits per heavy atom. The molecule has 2 aromatic carbocycles. The van der Waals surface area contributed by atoms with E-state index in [2.05, 4.69) is 11.4 Å². The summed E-state index contributed by atoms with van der Waals surface area (Å²) in [6, 6.07) is 15.3. The summed E-state index contributed by atoms with van der Waals surface area (Å²) < 4.78 is 11.3. The Labute approximate surface area is 197 Å². The van der Waals surface area contributed by atoms with Gasteiger partial charge in [0.25, 0.3) is 11.8 Å². The monoisotopic (exact) mass is 462 g/mol. The topological polar surface area (TPSA) is 67.9 Å². The van der Waals surface area contributed by atoms with Crippen LogP contribution in [0.4, 0.5) is 5.69 Å². The van der Waals surface area contributed by atoms with Gasteiger partial charge in [0.1, 0.15) is 23.8 Å². The lowest BCUT2D eigenvalue weighted by atomic mass is 10.1. The van der Waals surface area contributed by atoms with E-state index < -0.39 is 0 Å². The van der Waals surface area contributed by atoms with Gasteiger partial charge in [0.2, 0.25) is 0 Å². The first kappa shape index (κ1) is 22.6. The second-order valence-corrected chi connectivity index (χ2v) is 8.94. The molecule has 6 nitrogen and oxygen atoms in total. The Hall–Kier alpha value is -3.58. The number of rotatable bonds is 8. The Bertz CT molecular complexity index is 1210. The molecule has 0 unspecified atom stereocenters. The van der Waals surface area contributed by atoms with Gasteiger partial charge in [-0.25, -0.2) is 0 Å². The average Bonchev–Trinajstić information content (AvgIpc) is 3.36. The summed E-state index contributed by atoms with van der Waals surface area (Å²) in [5.74, 6) is 0.605. The Balaban J connectivity index is 1.58. The van der Waals surface area contributed by atoms with Gasteiger partial charge >= 0.3 is 0 Å². The highest BCUT2D eigenvalue weighted by molar-refractivity contribution is 7.11. The molecule has 0 saturated heterocycles. The van der Waals surface area contributed by atoms with E-state index in [1.807, 2.05) is 68.6 Å². The highest BCUT2D eigenvalue weighted by Crippen LogP contribution is 2.35. The number of carbonyl (C=O) groups excluding carboxylic acids is 2. The number of ether oxygens (including phenoxy) is 2. The zero-order valence-corrected chi connectivity index (χ0v) is 19.9. The van der Waals surface area contributed by atoms with Crippen molar-refractivity contribution in [1.82, 2.24) is 4.90 Å². The summed E-state index contributed by atoms with van der Waals surface area (Å²) in [7, 11) is 1.57. The largest absolute Gasteiger partial charge is 0.495 e. The van der Waals surface area contributed by atoms with E-state index in [9.17, 15) is 9.59 Å². The van der Waals surface area contributed by atoms with E-state index in [1.165, 1.54) is 16.2 Å². The lowest BCUT2D eigenvalue weighted by Gasteiger charge is -2.17. The van der Waals surface area contributed by atoms with Crippen LogP contribution in [-0.2, 0) is 9.59 Å². The summed E-state index contributed by atoms with van der Waals surface area (Å²) in [6.45, 7) is 6.32. The SMILES string of the molecule is COc1ccc(C)cc1NC1=C(c2cccs2)C(=O)N(CCOc2cc(C)cc(C)c2)C1=O. The third kappa shape index (κ3) is 4.78. The number of anilines is 1. The van der Waals surface area contributed by atoms with Crippen LogP contribution in [-0.4, -0.2) is 37.0 Å². The van der Waals surface area contributed by atoms with Crippen LogP contribution in [0.5, 0.6) is 11.5 Å². The molecule has 2 heterocycles. The number of amides is 2. The Kier molecular flexibility index (Phi) is 6.51. The number of nitrogens with one attached hydrogen (secondary N) is 1. The quantitative estimate of drug-likeness (QED) is 0.480. The van der Waals surface area contributed by atoms with E-state index in [0.717, 1.165) is 27.3 Å². The summed E-state index contributed by atoms with van der Waals surface area (Å²) in [5.41, 5.74) is 4.45. The summed E-state index contributed by atoms with van der Waals surface area (Å²) in [5, 5.41) is 5.07. The minimum absolute atomic E-state index is 0.148. The molecule has 1 aliphatic rings. The molecule has 0 atom stereocenters. The molecule has 33 heavy (non-hydrogen) atoms. The molecule has 0 radical (unpaired) electrons. The summed E-state index contributed by atoms with van der Waals surface area (Å²) in [6.07, 6.45) is 0. The van der Waals surface area contributed by atoms with Crippen LogP contribution in [0.1, 0.15) is 21.6 Å². The molecule has 7 heteroatoms. The van der Waals surface area contributed by atoms with Gasteiger partial charge in [-0.1, -0.05) is 18.2 Å². The van der Waals surface area contributed by atoms with Crippen molar-refractivity contribution >= 4 is 34.4 Å². The average molecular weight is 463 g/mol. The van der Waals surface area contributed by atoms with Crippen molar-refractivity contribution in [3.8, 4) is 11.5 Å². The van der Waals surface area contributed by atoms with Crippen LogP contribution in [0.25, 0.3) is 5.57 Å². The van der Waals surface area contributed by atoms with Gasteiger partial charge in [-0.05, 0) is 73.2 Å². The van der Waals surface area contributed by atoms with Gasteiger partial charge in [-0.2, -0.15) is 0 Å². The van der Waals surface area contributed by atoms with Crippen LogP contribution >= 0.6 is 11.3 Å². The lowest BCUT2D eigenvalue weighted by molar-refractivity contribution is -0.137. The van der Waals surface area contributed by atoms with Crippen molar-refractivity contribution in [3.05, 3.63) is 81.2 Å². The molecule has 1 N–H and O–H groups in total. The number of hydrogen-bond acceptors (Lipinski definition) is 6. The fourth-order valence-corrected chi connectivity index (χ4v) is 4.64.